The first-order chi connectivity index (χ1) is 7.76. The lowest BCUT2D eigenvalue weighted by molar-refractivity contribution is 0.141. The molecule has 1 aromatic rings. The largest absolute Gasteiger partial charge is 0.497 e. The highest BCUT2D eigenvalue weighted by Gasteiger charge is 2.04. The third-order valence-electron chi connectivity index (χ3n) is 2.62. The van der Waals surface area contributed by atoms with Crippen molar-refractivity contribution < 1.29 is 14.9 Å². The van der Waals surface area contributed by atoms with E-state index in [2.05, 4.69) is 0 Å². The molecule has 3 nitrogen and oxygen atoms in total. The molecule has 0 aromatic heterocycles. The van der Waals surface area contributed by atoms with Gasteiger partial charge in [0.25, 0.3) is 0 Å². The zero-order chi connectivity index (χ0) is 11.8. The van der Waals surface area contributed by atoms with Crippen LogP contribution in [-0.4, -0.2) is 30.0 Å². The van der Waals surface area contributed by atoms with Gasteiger partial charge in [-0.05, 0) is 43.4 Å². The number of hydrogen-bond donors (Lipinski definition) is 2. The summed E-state index contributed by atoms with van der Waals surface area (Å²) in [6, 6.07) is 7.88. The summed E-state index contributed by atoms with van der Waals surface area (Å²) in [5, 5.41) is 18.2. The van der Waals surface area contributed by atoms with E-state index in [-0.39, 0.29) is 12.7 Å². The number of benzene rings is 1. The van der Waals surface area contributed by atoms with Crippen LogP contribution in [0.25, 0.3) is 0 Å². The van der Waals surface area contributed by atoms with Crippen LogP contribution in [-0.2, 0) is 6.42 Å². The van der Waals surface area contributed by atoms with Crippen molar-refractivity contribution in [3.05, 3.63) is 29.8 Å². The maximum absolute atomic E-state index is 9.61. The van der Waals surface area contributed by atoms with E-state index in [9.17, 15) is 5.11 Å². The number of methoxy groups -OCH3 is 1. The number of aryl methyl sites for hydroxylation is 1. The van der Waals surface area contributed by atoms with E-state index in [1.807, 2.05) is 24.3 Å². The molecule has 1 atom stereocenters. The van der Waals surface area contributed by atoms with E-state index in [4.69, 9.17) is 9.84 Å². The van der Waals surface area contributed by atoms with Crippen molar-refractivity contribution >= 4 is 0 Å². The number of hydrogen-bond acceptors (Lipinski definition) is 3. The molecule has 0 fully saturated rings. The standard InChI is InChI=1S/C13H20O3/c1-16-13-8-5-11(6-9-13)4-7-12(15)3-2-10-14/h5-6,8-9,12,14-15H,2-4,7,10H2,1H3. The van der Waals surface area contributed by atoms with Gasteiger partial charge in [-0.2, -0.15) is 0 Å². The third-order valence-corrected chi connectivity index (χ3v) is 2.62. The molecule has 0 heterocycles. The molecule has 0 radical (unpaired) electrons. The van der Waals surface area contributed by atoms with Crippen molar-refractivity contribution in [3.63, 3.8) is 0 Å². The van der Waals surface area contributed by atoms with Gasteiger partial charge in [-0.25, -0.2) is 0 Å². The molecule has 1 aromatic carbocycles. The zero-order valence-corrected chi connectivity index (χ0v) is 9.72. The molecule has 2 N–H and O–H groups in total. The maximum atomic E-state index is 9.61. The van der Waals surface area contributed by atoms with Gasteiger partial charge >= 0.3 is 0 Å². The second-order valence-corrected chi connectivity index (χ2v) is 3.91. The van der Waals surface area contributed by atoms with E-state index in [1.165, 1.54) is 5.56 Å². The number of rotatable bonds is 7. The highest BCUT2D eigenvalue weighted by atomic mass is 16.5. The van der Waals surface area contributed by atoms with E-state index in [0.29, 0.717) is 12.8 Å². The maximum Gasteiger partial charge on any atom is 0.118 e. The Morgan fingerprint density at radius 1 is 1.19 bits per heavy atom. The molecule has 0 saturated carbocycles. The molecule has 3 heteroatoms. The van der Waals surface area contributed by atoms with Crippen molar-refractivity contribution in [1.82, 2.24) is 0 Å². The van der Waals surface area contributed by atoms with Crippen molar-refractivity contribution in [2.45, 2.75) is 31.8 Å². The van der Waals surface area contributed by atoms with Gasteiger partial charge < -0.3 is 14.9 Å². The fraction of sp³-hybridized carbons (Fsp3) is 0.538. The first-order valence-electron chi connectivity index (χ1n) is 5.68. The van der Waals surface area contributed by atoms with Crippen molar-refractivity contribution in [2.75, 3.05) is 13.7 Å². The van der Waals surface area contributed by atoms with Gasteiger partial charge in [0.15, 0.2) is 0 Å². The van der Waals surface area contributed by atoms with Gasteiger partial charge in [0, 0.05) is 6.61 Å². The average Bonchev–Trinajstić information content (AvgIpc) is 2.34. The predicted octanol–water partition coefficient (Wildman–Crippen LogP) is 1.76. The van der Waals surface area contributed by atoms with Crippen molar-refractivity contribution in [2.24, 2.45) is 0 Å². The van der Waals surface area contributed by atoms with E-state index in [1.54, 1.807) is 7.11 Å². The Labute approximate surface area is 96.7 Å². The fourth-order valence-corrected chi connectivity index (χ4v) is 1.60. The van der Waals surface area contributed by atoms with Crippen LogP contribution in [0.2, 0.25) is 0 Å². The molecule has 0 amide bonds. The second-order valence-electron chi connectivity index (χ2n) is 3.91. The molecule has 90 valence electrons. The summed E-state index contributed by atoms with van der Waals surface area (Å²) in [7, 11) is 1.65. The molecule has 0 aliphatic rings. The van der Waals surface area contributed by atoms with Crippen molar-refractivity contribution in [3.8, 4) is 5.75 Å². The van der Waals surface area contributed by atoms with Gasteiger partial charge in [-0.1, -0.05) is 12.1 Å². The lowest BCUT2D eigenvalue weighted by atomic mass is 10.0. The Balaban J connectivity index is 2.30. The normalized spacial score (nSPS) is 12.4. The van der Waals surface area contributed by atoms with E-state index in [0.717, 1.165) is 18.6 Å². The van der Waals surface area contributed by atoms with Crippen LogP contribution < -0.4 is 4.74 Å². The number of aliphatic hydroxyl groups is 2. The van der Waals surface area contributed by atoms with E-state index >= 15 is 0 Å². The minimum atomic E-state index is -0.311. The predicted molar refractivity (Wildman–Crippen MR) is 63.6 cm³/mol. The number of ether oxygens (including phenoxy) is 1. The summed E-state index contributed by atoms with van der Waals surface area (Å²) >= 11 is 0. The third kappa shape index (κ3) is 4.64. The first-order valence-corrected chi connectivity index (χ1v) is 5.68. The van der Waals surface area contributed by atoms with Crippen LogP contribution in [0.1, 0.15) is 24.8 Å². The molecule has 1 rings (SSSR count). The fourth-order valence-electron chi connectivity index (χ4n) is 1.60. The van der Waals surface area contributed by atoms with Crippen LogP contribution in [0.4, 0.5) is 0 Å². The molecule has 0 aliphatic heterocycles. The molecule has 1 unspecified atom stereocenters. The zero-order valence-electron chi connectivity index (χ0n) is 9.72. The Morgan fingerprint density at radius 3 is 2.44 bits per heavy atom. The van der Waals surface area contributed by atoms with E-state index < -0.39 is 0 Å². The Bertz CT molecular complexity index is 282. The Kier molecular flexibility index (Phi) is 5.90. The second kappa shape index (κ2) is 7.25. The number of aliphatic hydroxyl groups excluding tert-OH is 2. The van der Waals surface area contributed by atoms with Gasteiger partial charge in [0.2, 0.25) is 0 Å². The topological polar surface area (TPSA) is 49.7 Å². The lowest BCUT2D eigenvalue weighted by Gasteiger charge is -2.09. The summed E-state index contributed by atoms with van der Waals surface area (Å²) in [6.07, 6.45) is 2.63. The van der Waals surface area contributed by atoms with Crippen LogP contribution in [0.3, 0.4) is 0 Å². The van der Waals surface area contributed by atoms with Crippen LogP contribution in [0, 0.1) is 0 Å². The Morgan fingerprint density at radius 2 is 1.88 bits per heavy atom. The summed E-state index contributed by atoms with van der Waals surface area (Å²) in [6.45, 7) is 0.152. The lowest BCUT2D eigenvalue weighted by Crippen LogP contribution is -2.08. The SMILES string of the molecule is COc1ccc(CCC(O)CCCO)cc1. The quantitative estimate of drug-likeness (QED) is 0.742. The minimum Gasteiger partial charge on any atom is -0.497 e. The molecule has 0 saturated heterocycles. The molecule has 16 heavy (non-hydrogen) atoms. The van der Waals surface area contributed by atoms with Crippen LogP contribution >= 0.6 is 0 Å². The monoisotopic (exact) mass is 224 g/mol. The summed E-state index contributed by atoms with van der Waals surface area (Å²) in [4.78, 5) is 0. The highest BCUT2D eigenvalue weighted by molar-refractivity contribution is 5.27. The van der Waals surface area contributed by atoms with Crippen molar-refractivity contribution in [1.29, 1.82) is 0 Å². The van der Waals surface area contributed by atoms with Gasteiger partial charge in [-0.3, -0.25) is 0 Å². The smallest absolute Gasteiger partial charge is 0.118 e. The highest BCUT2D eigenvalue weighted by Crippen LogP contribution is 2.14. The average molecular weight is 224 g/mol. The van der Waals surface area contributed by atoms with Gasteiger partial charge in [0.1, 0.15) is 5.75 Å². The molecular weight excluding hydrogens is 204 g/mol. The van der Waals surface area contributed by atoms with Gasteiger partial charge in [0.05, 0.1) is 13.2 Å². The minimum absolute atomic E-state index is 0.152. The summed E-state index contributed by atoms with van der Waals surface area (Å²) in [5.41, 5.74) is 1.20. The summed E-state index contributed by atoms with van der Waals surface area (Å²) in [5.74, 6) is 0.851. The Hall–Kier alpha value is -1.06. The van der Waals surface area contributed by atoms with Gasteiger partial charge in [-0.15, -0.1) is 0 Å². The molecule has 0 aliphatic carbocycles. The van der Waals surface area contributed by atoms with Crippen LogP contribution in [0.5, 0.6) is 5.75 Å². The first kappa shape index (κ1) is 13.0. The summed E-state index contributed by atoms with van der Waals surface area (Å²) < 4.78 is 5.07. The molecule has 0 spiro atoms. The molecular formula is C13H20O3. The van der Waals surface area contributed by atoms with Crippen LogP contribution in [0.15, 0.2) is 24.3 Å². The molecule has 0 bridgehead atoms.